The minimum atomic E-state index is 0.276. The van der Waals surface area contributed by atoms with Gasteiger partial charge in [0.2, 0.25) is 0 Å². The van der Waals surface area contributed by atoms with E-state index in [0.29, 0.717) is 11.3 Å². The lowest BCUT2D eigenvalue weighted by atomic mass is 9.63. The van der Waals surface area contributed by atoms with Gasteiger partial charge in [-0.1, -0.05) is 90.8 Å². The number of allylic oxidation sites excluding steroid dienone is 3. The molecule has 0 heteroatoms. The lowest BCUT2D eigenvalue weighted by Gasteiger charge is -2.42. The summed E-state index contributed by atoms with van der Waals surface area (Å²) in [6, 6.07) is 7.21. The third kappa shape index (κ3) is 5.15. The van der Waals surface area contributed by atoms with Crippen molar-refractivity contribution in [3.8, 4) is 0 Å². The van der Waals surface area contributed by atoms with E-state index in [0.717, 1.165) is 6.42 Å². The fourth-order valence-electron chi connectivity index (χ4n) is 4.55. The van der Waals surface area contributed by atoms with Crippen LogP contribution in [0.3, 0.4) is 0 Å². The Kier molecular flexibility index (Phi) is 7.17. The van der Waals surface area contributed by atoms with Gasteiger partial charge in [0.15, 0.2) is 0 Å². The average Bonchev–Trinajstić information content (AvgIpc) is 2.64. The highest BCUT2D eigenvalue weighted by Crippen LogP contribution is 2.46. The van der Waals surface area contributed by atoms with E-state index in [4.69, 9.17) is 0 Å². The van der Waals surface area contributed by atoms with Crippen LogP contribution in [-0.2, 0) is 10.8 Å². The molecule has 0 N–H and O–H groups in total. The fourth-order valence-corrected chi connectivity index (χ4v) is 4.55. The molecule has 0 nitrogen and oxygen atoms in total. The van der Waals surface area contributed by atoms with E-state index >= 15 is 0 Å². The molecular formula is C27H42. The SMILES string of the molecule is C=C(C/C=C(\C)c1ccc2c(c1)C(C)(C)CCC2(C)C)C(CC)CCCC. The molecule has 0 bridgehead atoms. The van der Waals surface area contributed by atoms with Gasteiger partial charge in [0.05, 0.1) is 0 Å². The van der Waals surface area contributed by atoms with Gasteiger partial charge >= 0.3 is 0 Å². The summed E-state index contributed by atoms with van der Waals surface area (Å²) in [5.41, 5.74) is 7.85. The first-order chi connectivity index (χ1) is 12.6. The van der Waals surface area contributed by atoms with E-state index in [2.05, 4.69) is 79.3 Å². The molecule has 1 atom stereocenters. The molecule has 0 aromatic heterocycles. The van der Waals surface area contributed by atoms with Crippen molar-refractivity contribution >= 4 is 5.57 Å². The van der Waals surface area contributed by atoms with Gasteiger partial charge in [-0.2, -0.15) is 0 Å². The maximum Gasteiger partial charge on any atom is -0.0100 e. The van der Waals surface area contributed by atoms with Crippen LogP contribution in [0.25, 0.3) is 5.57 Å². The molecule has 1 aliphatic rings. The number of hydrogen-bond acceptors (Lipinski definition) is 0. The Morgan fingerprint density at radius 1 is 1.07 bits per heavy atom. The first kappa shape index (κ1) is 22.0. The van der Waals surface area contributed by atoms with E-state index < -0.39 is 0 Å². The average molecular weight is 367 g/mol. The Balaban J connectivity index is 2.21. The van der Waals surface area contributed by atoms with E-state index in [1.807, 2.05) is 0 Å². The molecule has 0 heterocycles. The Morgan fingerprint density at radius 3 is 2.30 bits per heavy atom. The maximum absolute atomic E-state index is 4.41. The van der Waals surface area contributed by atoms with Gasteiger partial charge in [-0.25, -0.2) is 0 Å². The zero-order valence-corrected chi connectivity index (χ0v) is 19.0. The summed E-state index contributed by atoms with van der Waals surface area (Å²) in [4.78, 5) is 0. The molecule has 0 fully saturated rings. The lowest BCUT2D eigenvalue weighted by Crippen LogP contribution is -2.33. The maximum atomic E-state index is 4.41. The van der Waals surface area contributed by atoms with Crippen molar-refractivity contribution in [1.29, 1.82) is 0 Å². The summed E-state index contributed by atoms with van der Waals surface area (Å²) in [5.74, 6) is 0.678. The highest BCUT2D eigenvalue weighted by Gasteiger charge is 2.36. The van der Waals surface area contributed by atoms with Gasteiger partial charge < -0.3 is 0 Å². The topological polar surface area (TPSA) is 0 Å². The minimum Gasteiger partial charge on any atom is -0.0993 e. The van der Waals surface area contributed by atoms with Crippen LogP contribution >= 0.6 is 0 Å². The summed E-state index contributed by atoms with van der Waals surface area (Å²) in [6.07, 6.45) is 11.1. The van der Waals surface area contributed by atoms with Crippen molar-refractivity contribution in [3.05, 3.63) is 53.1 Å². The zero-order valence-electron chi connectivity index (χ0n) is 19.0. The van der Waals surface area contributed by atoms with Crippen molar-refractivity contribution in [2.45, 2.75) is 104 Å². The zero-order chi connectivity index (χ0) is 20.2. The molecule has 1 aliphatic carbocycles. The van der Waals surface area contributed by atoms with Crippen LogP contribution in [-0.4, -0.2) is 0 Å². The number of rotatable bonds is 8. The Morgan fingerprint density at radius 2 is 1.70 bits per heavy atom. The van der Waals surface area contributed by atoms with Crippen LogP contribution in [0, 0.1) is 5.92 Å². The Hall–Kier alpha value is -1.30. The number of benzene rings is 1. The third-order valence-corrected chi connectivity index (χ3v) is 6.95. The van der Waals surface area contributed by atoms with Crippen molar-refractivity contribution < 1.29 is 0 Å². The summed E-state index contributed by atoms with van der Waals surface area (Å²) >= 11 is 0. The van der Waals surface area contributed by atoms with Crippen molar-refractivity contribution in [1.82, 2.24) is 0 Å². The normalized spacial score (nSPS) is 19.4. The van der Waals surface area contributed by atoms with Crippen LogP contribution in [0.15, 0.2) is 36.4 Å². The van der Waals surface area contributed by atoms with Gasteiger partial charge in [0, 0.05) is 0 Å². The van der Waals surface area contributed by atoms with E-state index in [-0.39, 0.29) is 5.41 Å². The van der Waals surface area contributed by atoms with Crippen LogP contribution in [0.4, 0.5) is 0 Å². The molecule has 0 saturated heterocycles. The van der Waals surface area contributed by atoms with E-state index in [1.165, 1.54) is 55.2 Å². The Bertz CT molecular complexity index is 684. The molecule has 1 aromatic carbocycles. The van der Waals surface area contributed by atoms with Gasteiger partial charge in [0.1, 0.15) is 0 Å². The highest BCUT2D eigenvalue weighted by atomic mass is 14.4. The molecule has 0 aliphatic heterocycles. The molecule has 0 amide bonds. The summed E-state index contributed by atoms with van der Waals surface area (Å²) < 4.78 is 0. The third-order valence-electron chi connectivity index (χ3n) is 6.95. The van der Waals surface area contributed by atoms with Gasteiger partial charge in [-0.3, -0.25) is 0 Å². The standard InChI is InChI=1S/C27H42/c1-9-11-12-22(10-2)20(3)13-14-21(4)23-15-16-24-25(19-23)27(7,8)18-17-26(24,5)6/h14-16,19,22H,3,9-13,17-18H2,1-2,4-8H3/b21-14+. The quantitative estimate of drug-likeness (QED) is 0.404. The second kappa shape index (κ2) is 8.80. The lowest BCUT2D eigenvalue weighted by molar-refractivity contribution is 0.332. The van der Waals surface area contributed by atoms with Crippen molar-refractivity contribution in [2.75, 3.05) is 0 Å². The first-order valence-electron chi connectivity index (χ1n) is 11.1. The predicted octanol–water partition coefficient (Wildman–Crippen LogP) is 8.60. The number of fused-ring (bicyclic) bond motifs is 1. The second-order valence-corrected chi connectivity index (χ2v) is 10.0. The summed E-state index contributed by atoms with van der Waals surface area (Å²) in [7, 11) is 0. The molecule has 2 rings (SSSR count). The van der Waals surface area contributed by atoms with E-state index in [1.54, 1.807) is 11.1 Å². The van der Waals surface area contributed by atoms with Gasteiger partial charge in [0.25, 0.3) is 0 Å². The molecule has 1 unspecified atom stereocenters. The smallest absolute Gasteiger partial charge is 0.0100 e. The highest BCUT2D eigenvalue weighted by molar-refractivity contribution is 5.66. The van der Waals surface area contributed by atoms with Crippen molar-refractivity contribution in [2.24, 2.45) is 5.92 Å². The first-order valence-corrected chi connectivity index (χ1v) is 11.1. The van der Waals surface area contributed by atoms with E-state index in [9.17, 15) is 0 Å². The predicted molar refractivity (Wildman–Crippen MR) is 122 cm³/mol. The van der Waals surface area contributed by atoms with Crippen LogP contribution in [0.2, 0.25) is 0 Å². The molecule has 1 aromatic rings. The molecule has 0 radical (unpaired) electrons. The van der Waals surface area contributed by atoms with Crippen LogP contribution < -0.4 is 0 Å². The summed E-state index contributed by atoms with van der Waals surface area (Å²) in [5, 5.41) is 0. The molecule has 27 heavy (non-hydrogen) atoms. The molecule has 150 valence electrons. The minimum absolute atomic E-state index is 0.276. The molecule has 0 saturated carbocycles. The number of hydrogen-bond donors (Lipinski definition) is 0. The fraction of sp³-hybridized carbons (Fsp3) is 0.630. The molecule has 0 spiro atoms. The monoisotopic (exact) mass is 366 g/mol. The largest absolute Gasteiger partial charge is 0.0993 e. The van der Waals surface area contributed by atoms with Crippen molar-refractivity contribution in [3.63, 3.8) is 0 Å². The summed E-state index contributed by atoms with van der Waals surface area (Å²) in [6.45, 7) is 20.9. The molecular weight excluding hydrogens is 324 g/mol. The number of unbranched alkanes of at least 4 members (excludes halogenated alkanes) is 1. The van der Waals surface area contributed by atoms with Gasteiger partial charge in [-0.05, 0) is 78.0 Å². The van der Waals surface area contributed by atoms with Crippen LogP contribution in [0.1, 0.15) is 110 Å². The van der Waals surface area contributed by atoms with Gasteiger partial charge in [-0.15, -0.1) is 0 Å². The Labute approximate surface area is 169 Å². The van der Waals surface area contributed by atoms with Crippen LogP contribution in [0.5, 0.6) is 0 Å². The second-order valence-electron chi connectivity index (χ2n) is 10.0.